The third-order valence-corrected chi connectivity index (χ3v) is 2.78. The van der Waals surface area contributed by atoms with Crippen molar-refractivity contribution in [2.45, 2.75) is 19.5 Å². The van der Waals surface area contributed by atoms with Gasteiger partial charge in [-0.2, -0.15) is 5.26 Å². The molecule has 0 amide bonds. The molecular formula is C14H14N4. The largest absolute Gasteiger partial charge is 0.306 e. The molecule has 0 aliphatic carbocycles. The molecule has 0 fully saturated rings. The topological polar surface area (TPSA) is 61.6 Å². The van der Waals surface area contributed by atoms with Crippen molar-refractivity contribution in [2.75, 3.05) is 0 Å². The van der Waals surface area contributed by atoms with Crippen LogP contribution in [0, 0.1) is 11.3 Å². The molecule has 4 nitrogen and oxygen atoms in total. The van der Waals surface area contributed by atoms with E-state index in [9.17, 15) is 0 Å². The van der Waals surface area contributed by atoms with Gasteiger partial charge >= 0.3 is 0 Å². The fourth-order valence-corrected chi connectivity index (χ4v) is 1.69. The van der Waals surface area contributed by atoms with E-state index < -0.39 is 0 Å². The van der Waals surface area contributed by atoms with Crippen LogP contribution in [0.5, 0.6) is 0 Å². The average Bonchev–Trinajstić information content (AvgIpc) is 2.46. The fraction of sp³-hybridized carbons (Fsp3) is 0.214. The lowest BCUT2D eigenvalue weighted by Gasteiger charge is -2.14. The first kappa shape index (κ1) is 12.2. The van der Waals surface area contributed by atoms with Crippen LogP contribution in [0.4, 0.5) is 0 Å². The van der Waals surface area contributed by atoms with Crippen LogP contribution in [-0.4, -0.2) is 9.97 Å². The van der Waals surface area contributed by atoms with E-state index in [1.807, 2.05) is 30.5 Å². The molecule has 0 saturated carbocycles. The minimum atomic E-state index is 0.186. The molecule has 0 aromatic carbocycles. The Morgan fingerprint density at radius 1 is 1.33 bits per heavy atom. The van der Waals surface area contributed by atoms with E-state index >= 15 is 0 Å². The van der Waals surface area contributed by atoms with Crippen molar-refractivity contribution in [1.29, 1.82) is 5.26 Å². The average molecular weight is 238 g/mol. The Hall–Kier alpha value is -2.25. The highest BCUT2D eigenvalue weighted by Gasteiger charge is 2.07. The Morgan fingerprint density at radius 2 is 2.17 bits per heavy atom. The van der Waals surface area contributed by atoms with E-state index in [0.717, 1.165) is 11.1 Å². The normalized spacial score (nSPS) is 11.8. The number of nitriles is 1. The molecule has 0 bridgehead atoms. The smallest absolute Gasteiger partial charge is 0.144 e. The summed E-state index contributed by atoms with van der Waals surface area (Å²) < 4.78 is 0. The third-order valence-electron chi connectivity index (χ3n) is 2.78. The summed E-state index contributed by atoms with van der Waals surface area (Å²) in [6, 6.07) is 9.97. The molecule has 90 valence electrons. The second-order valence-corrected chi connectivity index (χ2v) is 4.01. The maximum atomic E-state index is 8.95. The van der Waals surface area contributed by atoms with E-state index in [2.05, 4.69) is 28.3 Å². The molecule has 0 saturated heterocycles. The van der Waals surface area contributed by atoms with Crippen LogP contribution in [-0.2, 0) is 6.54 Å². The first-order valence-electron chi connectivity index (χ1n) is 5.78. The molecule has 0 radical (unpaired) electrons. The van der Waals surface area contributed by atoms with Crippen molar-refractivity contribution >= 4 is 0 Å². The summed E-state index contributed by atoms with van der Waals surface area (Å²) in [6.45, 7) is 2.69. The van der Waals surface area contributed by atoms with Crippen molar-refractivity contribution in [3.8, 4) is 6.07 Å². The van der Waals surface area contributed by atoms with Crippen LogP contribution in [0.25, 0.3) is 0 Å². The first-order valence-corrected chi connectivity index (χ1v) is 5.78. The lowest BCUT2D eigenvalue weighted by atomic mass is 10.1. The van der Waals surface area contributed by atoms with E-state index in [0.29, 0.717) is 12.2 Å². The van der Waals surface area contributed by atoms with Crippen molar-refractivity contribution in [2.24, 2.45) is 0 Å². The van der Waals surface area contributed by atoms with Crippen LogP contribution in [0.2, 0.25) is 0 Å². The Morgan fingerprint density at radius 3 is 2.89 bits per heavy atom. The zero-order valence-corrected chi connectivity index (χ0v) is 10.2. The monoisotopic (exact) mass is 238 g/mol. The molecule has 2 aromatic rings. The zero-order chi connectivity index (χ0) is 12.8. The summed E-state index contributed by atoms with van der Waals surface area (Å²) in [6.07, 6.45) is 5.23. The number of hydrogen-bond donors (Lipinski definition) is 1. The second kappa shape index (κ2) is 5.89. The number of nitrogens with one attached hydrogen (secondary N) is 1. The third kappa shape index (κ3) is 2.90. The van der Waals surface area contributed by atoms with Crippen molar-refractivity contribution in [3.05, 3.63) is 59.7 Å². The van der Waals surface area contributed by atoms with Gasteiger partial charge in [0.2, 0.25) is 0 Å². The summed E-state index contributed by atoms with van der Waals surface area (Å²) in [4.78, 5) is 8.12. The van der Waals surface area contributed by atoms with Crippen molar-refractivity contribution < 1.29 is 0 Å². The molecule has 2 heterocycles. The highest BCUT2D eigenvalue weighted by molar-refractivity contribution is 5.30. The Balaban J connectivity index is 2.02. The second-order valence-electron chi connectivity index (χ2n) is 4.01. The van der Waals surface area contributed by atoms with Gasteiger partial charge in [-0.25, -0.2) is 4.98 Å². The number of nitrogens with zero attached hydrogens (tertiary/aromatic N) is 3. The van der Waals surface area contributed by atoms with Crippen LogP contribution < -0.4 is 5.32 Å². The standard InChI is InChI=1S/C14H14N4/c1-11(12-4-2-6-16-9-12)18-10-13-5-3-7-17-14(13)8-15/h2-7,9,11,18H,10H2,1H3. The molecule has 2 aromatic heterocycles. The molecule has 1 N–H and O–H groups in total. The summed E-state index contributed by atoms with van der Waals surface area (Å²) in [5.41, 5.74) is 2.51. The van der Waals surface area contributed by atoms with Crippen molar-refractivity contribution in [3.63, 3.8) is 0 Å². The predicted molar refractivity (Wildman–Crippen MR) is 68.4 cm³/mol. The van der Waals surface area contributed by atoms with Gasteiger partial charge in [0.1, 0.15) is 11.8 Å². The lowest BCUT2D eigenvalue weighted by molar-refractivity contribution is 0.571. The van der Waals surface area contributed by atoms with E-state index in [1.165, 1.54) is 0 Å². The van der Waals surface area contributed by atoms with E-state index in [4.69, 9.17) is 5.26 Å². The molecule has 0 aliphatic rings. The van der Waals surface area contributed by atoms with E-state index in [1.54, 1.807) is 12.4 Å². The minimum Gasteiger partial charge on any atom is -0.306 e. The molecule has 2 rings (SSSR count). The van der Waals surface area contributed by atoms with Gasteiger partial charge in [-0.15, -0.1) is 0 Å². The first-order chi connectivity index (χ1) is 8.81. The molecule has 1 unspecified atom stereocenters. The van der Waals surface area contributed by atoms with Gasteiger partial charge in [0.25, 0.3) is 0 Å². The van der Waals surface area contributed by atoms with Gasteiger partial charge in [0, 0.05) is 36.7 Å². The minimum absolute atomic E-state index is 0.186. The molecule has 1 atom stereocenters. The van der Waals surface area contributed by atoms with Gasteiger partial charge < -0.3 is 5.32 Å². The summed E-state index contributed by atoms with van der Waals surface area (Å²) >= 11 is 0. The molecule has 18 heavy (non-hydrogen) atoms. The highest BCUT2D eigenvalue weighted by Crippen LogP contribution is 2.12. The number of rotatable bonds is 4. The molecule has 0 spiro atoms. The molecule has 0 aliphatic heterocycles. The maximum Gasteiger partial charge on any atom is 0.144 e. The number of pyridine rings is 2. The zero-order valence-electron chi connectivity index (χ0n) is 10.2. The van der Waals surface area contributed by atoms with Crippen LogP contribution in [0.15, 0.2) is 42.9 Å². The van der Waals surface area contributed by atoms with Gasteiger partial charge in [-0.05, 0) is 24.6 Å². The van der Waals surface area contributed by atoms with Crippen molar-refractivity contribution in [1.82, 2.24) is 15.3 Å². The van der Waals surface area contributed by atoms with Gasteiger partial charge in [0.15, 0.2) is 0 Å². The number of hydrogen-bond acceptors (Lipinski definition) is 4. The van der Waals surface area contributed by atoms with Gasteiger partial charge in [-0.1, -0.05) is 12.1 Å². The van der Waals surface area contributed by atoms with Crippen LogP contribution in [0.3, 0.4) is 0 Å². The molecule has 4 heteroatoms. The summed E-state index contributed by atoms with van der Waals surface area (Å²) in [7, 11) is 0. The predicted octanol–water partition coefficient (Wildman–Crippen LogP) is 2.20. The number of aromatic nitrogens is 2. The summed E-state index contributed by atoms with van der Waals surface area (Å²) in [5.74, 6) is 0. The Labute approximate surface area is 106 Å². The van der Waals surface area contributed by atoms with Crippen LogP contribution >= 0.6 is 0 Å². The fourth-order valence-electron chi connectivity index (χ4n) is 1.69. The lowest BCUT2D eigenvalue weighted by Crippen LogP contribution is -2.19. The Kier molecular flexibility index (Phi) is 4.00. The Bertz CT molecular complexity index is 545. The maximum absolute atomic E-state index is 8.95. The van der Waals surface area contributed by atoms with Gasteiger partial charge in [-0.3, -0.25) is 4.98 Å². The van der Waals surface area contributed by atoms with Gasteiger partial charge in [0.05, 0.1) is 0 Å². The molecular weight excluding hydrogens is 224 g/mol. The van der Waals surface area contributed by atoms with E-state index in [-0.39, 0.29) is 6.04 Å². The SMILES string of the molecule is CC(NCc1cccnc1C#N)c1cccnc1. The quantitative estimate of drug-likeness (QED) is 0.887. The van der Waals surface area contributed by atoms with Crippen LogP contribution in [0.1, 0.15) is 29.8 Å². The summed E-state index contributed by atoms with van der Waals surface area (Å²) in [5, 5.41) is 12.3. The highest BCUT2D eigenvalue weighted by atomic mass is 14.9.